The Hall–Kier alpha value is -2.05. The molecule has 0 saturated carbocycles. The van der Waals surface area contributed by atoms with E-state index in [1.54, 1.807) is 25.1 Å². The molecule has 0 aliphatic heterocycles. The first-order valence-electron chi connectivity index (χ1n) is 6.93. The molecule has 22 heavy (non-hydrogen) atoms. The minimum Gasteiger partial charge on any atom is -0.481 e. The molecule has 4 nitrogen and oxygen atoms in total. The largest absolute Gasteiger partial charge is 0.481 e. The van der Waals surface area contributed by atoms with Crippen molar-refractivity contribution in [1.82, 2.24) is 5.32 Å². The second kappa shape index (κ2) is 5.98. The molecule has 0 heterocycles. The first kappa shape index (κ1) is 16.3. The number of amides is 1. The number of nitrogens with one attached hydrogen (secondary N) is 1. The van der Waals surface area contributed by atoms with E-state index in [-0.39, 0.29) is 0 Å². The summed E-state index contributed by atoms with van der Waals surface area (Å²) in [5.74, 6) is -3.60. The van der Waals surface area contributed by atoms with E-state index in [0.717, 1.165) is 5.56 Å². The number of rotatable bonds is 3. The molecule has 0 radical (unpaired) electrons. The predicted octanol–water partition coefficient (Wildman–Crippen LogP) is 2.93. The van der Waals surface area contributed by atoms with Crippen LogP contribution in [-0.4, -0.2) is 23.2 Å². The standard InChI is InChI=1S/C15H16F3NO3/c1-8(13(20)21)9-5-6-11-10(7-9)3-2-4-12(11)19-14(22)15(16,17)18/h5-8,12H,2-4H2,1H3,(H,19,22)(H,20,21)/t8-,12?/m1/s1. The number of hydrogen-bond acceptors (Lipinski definition) is 2. The minimum absolute atomic E-state index is 0.433. The van der Waals surface area contributed by atoms with Crippen molar-refractivity contribution in [2.45, 2.75) is 44.3 Å². The molecular formula is C15H16F3NO3. The van der Waals surface area contributed by atoms with E-state index >= 15 is 0 Å². The number of carbonyl (C=O) groups is 2. The highest BCUT2D eigenvalue weighted by atomic mass is 19.4. The third-order valence-electron chi connectivity index (χ3n) is 3.91. The molecule has 0 aromatic heterocycles. The zero-order valence-electron chi connectivity index (χ0n) is 11.9. The molecule has 120 valence electrons. The topological polar surface area (TPSA) is 66.4 Å². The summed E-state index contributed by atoms with van der Waals surface area (Å²) in [6.07, 6.45) is -3.17. The second-order valence-corrected chi connectivity index (χ2v) is 5.43. The van der Waals surface area contributed by atoms with Gasteiger partial charge in [0.2, 0.25) is 0 Å². The van der Waals surface area contributed by atoms with Crippen LogP contribution < -0.4 is 5.32 Å². The number of aliphatic carboxylic acids is 1. The summed E-state index contributed by atoms with van der Waals surface area (Å²) in [5.41, 5.74) is 2.03. The molecule has 1 aromatic carbocycles. The van der Waals surface area contributed by atoms with Crippen LogP contribution in [0.1, 0.15) is 48.4 Å². The second-order valence-electron chi connectivity index (χ2n) is 5.43. The molecular weight excluding hydrogens is 299 g/mol. The van der Waals surface area contributed by atoms with Gasteiger partial charge in [0.15, 0.2) is 0 Å². The van der Waals surface area contributed by atoms with Crippen LogP contribution in [0.4, 0.5) is 13.2 Å². The van der Waals surface area contributed by atoms with Crippen LogP contribution in [0.15, 0.2) is 18.2 Å². The van der Waals surface area contributed by atoms with Gasteiger partial charge < -0.3 is 10.4 Å². The average molecular weight is 315 g/mol. The van der Waals surface area contributed by atoms with Gasteiger partial charge in [-0.15, -0.1) is 0 Å². The fourth-order valence-corrected chi connectivity index (χ4v) is 2.64. The van der Waals surface area contributed by atoms with Crippen molar-refractivity contribution in [1.29, 1.82) is 0 Å². The average Bonchev–Trinajstić information content (AvgIpc) is 2.45. The molecule has 2 rings (SSSR count). The number of carboxylic acids is 1. The highest BCUT2D eigenvalue weighted by Crippen LogP contribution is 2.32. The van der Waals surface area contributed by atoms with Gasteiger partial charge >= 0.3 is 18.1 Å². The molecule has 1 aliphatic rings. The highest BCUT2D eigenvalue weighted by Gasteiger charge is 2.40. The van der Waals surface area contributed by atoms with Crippen LogP contribution in [0.25, 0.3) is 0 Å². The molecule has 1 aromatic rings. The molecule has 2 N–H and O–H groups in total. The first-order chi connectivity index (χ1) is 10.2. The smallest absolute Gasteiger partial charge is 0.471 e. The maximum Gasteiger partial charge on any atom is 0.471 e. The first-order valence-corrected chi connectivity index (χ1v) is 6.93. The summed E-state index contributed by atoms with van der Waals surface area (Å²) in [6.45, 7) is 1.55. The SMILES string of the molecule is C[C@@H](C(=O)O)c1ccc2c(c1)CCCC2NC(=O)C(F)(F)F. The lowest BCUT2D eigenvalue weighted by molar-refractivity contribution is -0.174. The van der Waals surface area contributed by atoms with Gasteiger partial charge in [0.1, 0.15) is 0 Å². The highest BCUT2D eigenvalue weighted by molar-refractivity contribution is 5.82. The maximum atomic E-state index is 12.4. The van der Waals surface area contributed by atoms with Crippen LogP contribution in [-0.2, 0) is 16.0 Å². The van der Waals surface area contributed by atoms with Crippen molar-refractivity contribution in [2.24, 2.45) is 0 Å². The maximum absolute atomic E-state index is 12.4. The number of benzene rings is 1. The molecule has 0 bridgehead atoms. The lowest BCUT2D eigenvalue weighted by Gasteiger charge is -2.27. The van der Waals surface area contributed by atoms with Gasteiger partial charge in [0, 0.05) is 0 Å². The van der Waals surface area contributed by atoms with Gasteiger partial charge in [0.05, 0.1) is 12.0 Å². The summed E-state index contributed by atoms with van der Waals surface area (Å²) in [4.78, 5) is 22.1. The number of alkyl halides is 3. The van der Waals surface area contributed by atoms with Crippen molar-refractivity contribution in [3.63, 3.8) is 0 Å². The Kier molecular flexibility index (Phi) is 4.44. The van der Waals surface area contributed by atoms with E-state index in [1.165, 1.54) is 0 Å². The van der Waals surface area contributed by atoms with Gasteiger partial charge in [-0.25, -0.2) is 0 Å². The normalized spacial score (nSPS) is 19.2. The van der Waals surface area contributed by atoms with Crippen molar-refractivity contribution in [2.75, 3.05) is 0 Å². The molecule has 2 atom stereocenters. The van der Waals surface area contributed by atoms with E-state index in [9.17, 15) is 22.8 Å². The van der Waals surface area contributed by atoms with Crippen LogP contribution in [0.5, 0.6) is 0 Å². The Morgan fingerprint density at radius 3 is 2.64 bits per heavy atom. The fraction of sp³-hybridized carbons (Fsp3) is 0.467. The lowest BCUT2D eigenvalue weighted by Crippen LogP contribution is -2.40. The zero-order valence-corrected chi connectivity index (χ0v) is 11.9. The van der Waals surface area contributed by atoms with Crippen LogP contribution >= 0.6 is 0 Å². The van der Waals surface area contributed by atoms with Crippen LogP contribution in [0.3, 0.4) is 0 Å². The van der Waals surface area contributed by atoms with Crippen molar-refractivity contribution < 1.29 is 27.9 Å². The third-order valence-corrected chi connectivity index (χ3v) is 3.91. The van der Waals surface area contributed by atoms with Gasteiger partial charge in [-0.3, -0.25) is 9.59 Å². The van der Waals surface area contributed by atoms with E-state index in [2.05, 4.69) is 0 Å². The molecule has 0 saturated heterocycles. The number of hydrogen-bond donors (Lipinski definition) is 2. The Balaban J connectivity index is 2.25. The minimum atomic E-state index is -4.91. The number of carboxylic acid groups (broad SMARTS) is 1. The number of halogens is 3. The van der Waals surface area contributed by atoms with Crippen LogP contribution in [0, 0.1) is 0 Å². The summed E-state index contributed by atoms with van der Waals surface area (Å²) in [5, 5.41) is 11.0. The Labute approximate surface area is 125 Å². The van der Waals surface area contributed by atoms with E-state index < -0.39 is 30.0 Å². The van der Waals surface area contributed by atoms with Gasteiger partial charge in [-0.05, 0) is 42.9 Å². The predicted molar refractivity (Wildman–Crippen MR) is 72.4 cm³/mol. The fourth-order valence-electron chi connectivity index (χ4n) is 2.64. The summed E-state index contributed by atoms with van der Waals surface area (Å²) < 4.78 is 37.1. The quantitative estimate of drug-likeness (QED) is 0.901. The third kappa shape index (κ3) is 3.40. The van der Waals surface area contributed by atoms with Crippen molar-refractivity contribution in [3.8, 4) is 0 Å². The number of aryl methyl sites for hydroxylation is 1. The Morgan fingerprint density at radius 1 is 1.36 bits per heavy atom. The van der Waals surface area contributed by atoms with Gasteiger partial charge in [-0.1, -0.05) is 18.2 Å². The molecule has 0 spiro atoms. The van der Waals surface area contributed by atoms with Crippen LogP contribution in [0.2, 0.25) is 0 Å². The molecule has 1 amide bonds. The van der Waals surface area contributed by atoms with E-state index in [1.807, 2.05) is 5.32 Å². The van der Waals surface area contributed by atoms with Gasteiger partial charge in [-0.2, -0.15) is 13.2 Å². The molecule has 0 fully saturated rings. The number of carbonyl (C=O) groups excluding carboxylic acids is 1. The molecule has 1 unspecified atom stereocenters. The lowest BCUT2D eigenvalue weighted by atomic mass is 9.85. The molecule has 7 heteroatoms. The van der Waals surface area contributed by atoms with E-state index in [0.29, 0.717) is 30.4 Å². The van der Waals surface area contributed by atoms with Crippen molar-refractivity contribution >= 4 is 11.9 Å². The number of fused-ring (bicyclic) bond motifs is 1. The summed E-state index contributed by atoms with van der Waals surface area (Å²) in [7, 11) is 0. The summed E-state index contributed by atoms with van der Waals surface area (Å²) in [6, 6.07) is 4.23. The Morgan fingerprint density at radius 2 is 2.05 bits per heavy atom. The zero-order chi connectivity index (χ0) is 16.5. The summed E-state index contributed by atoms with van der Waals surface area (Å²) >= 11 is 0. The van der Waals surface area contributed by atoms with E-state index in [4.69, 9.17) is 5.11 Å². The van der Waals surface area contributed by atoms with Gasteiger partial charge in [0.25, 0.3) is 0 Å². The van der Waals surface area contributed by atoms with Crippen molar-refractivity contribution in [3.05, 3.63) is 34.9 Å². The Bertz CT molecular complexity index is 598. The monoisotopic (exact) mass is 315 g/mol. The molecule has 1 aliphatic carbocycles.